The maximum absolute atomic E-state index is 6.04. The van der Waals surface area contributed by atoms with Crippen molar-refractivity contribution in [2.24, 2.45) is 0 Å². The number of benzene rings is 1. The molecule has 0 fully saturated rings. The lowest BCUT2D eigenvalue weighted by Gasteiger charge is -2.36. The van der Waals surface area contributed by atoms with Crippen LogP contribution >= 0.6 is 0 Å². The fraction of sp³-hybridized carbons (Fsp3) is 0.647. The molecule has 0 amide bonds. The van der Waals surface area contributed by atoms with Crippen LogP contribution in [0.25, 0.3) is 0 Å². The lowest BCUT2D eigenvalue weighted by atomic mass is 10.1. The SMILES string of the molecule is CCCCC1(C)OCc2cc(OC[Si](OC)(OC)OC)ccc2O1. The molecule has 1 aromatic rings. The lowest BCUT2D eigenvalue weighted by Crippen LogP contribution is -2.49. The summed E-state index contributed by atoms with van der Waals surface area (Å²) in [5, 5.41) is 0. The summed E-state index contributed by atoms with van der Waals surface area (Å²) in [6.07, 6.45) is 3.31. The minimum atomic E-state index is -2.76. The minimum absolute atomic E-state index is 0.241. The Hall–Kier alpha value is -1.12. The zero-order chi connectivity index (χ0) is 17.6. The van der Waals surface area contributed by atoms with E-state index in [9.17, 15) is 0 Å². The van der Waals surface area contributed by atoms with Crippen molar-refractivity contribution in [3.63, 3.8) is 0 Å². The van der Waals surface area contributed by atoms with Gasteiger partial charge in [0, 0.05) is 40.2 Å². The van der Waals surface area contributed by atoms with Crippen LogP contribution in [0.3, 0.4) is 0 Å². The third-order valence-electron chi connectivity index (χ3n) is 4.22. The van der Waals surface area contributed by atoms with Gasteiger partial charge >= 0.3 is 8.80 Å². The van der Waals surface area contributed by atoms with Gasteiger partial charge in [-0.05, 0) is 24.6 Å². The normalized spacial score (nSPS) is 20.4. The zero-order valence-electron chi connectivity index (χ0n) is 15.2. The second-order valence-electron chi connectivity index (χ2n) is 5.98. The van der Waals surface area contributed by atoms with Crippen molar-refractivity contribution in [1.82, 2.24) is 0 Å². The topological polar surface area (TPSA) is 55.4 Å². The Morgan fingerprint density at radius 2 is 1.88 bits per heavy atom. The summed E-state index contributed by atoms with van der Waals surface area (Å²) in [5.41, 5.74) is 0.973. The fourth-order valence-corrected chi connectivity index (χ4v) is 3.77. The second-order valence-corrected chi connectivity index (χ2v) is 8.86. The number of rotatable bonds is 9. The van der Waals surface area contributed by atoms with E-state index in [2.05, 4.69) is 6.92 Å². The van der Waals surface area contributed by atoms with E-state index < -0.39 is 14.6 Å². The van der Waals surface area contributed by atoms with Crippen LogP contribution in [-0.4, -0.2) is 42.2 Å². The van der Waals surface area contributed by atoms with E-state index in [0.717, 1.165) is 30.6 Å². The Labute approximate surface area is 145 Å². The molecule has 0 N–H and O–H groups in total. The molecule has 0 aliphatic carbocycles. The molecule has 1 aliphatic heterocycles. The monoisotopic (exact) mass is 356 g/mol. The molecule has 0 saturated heterocycles. The van der Waals surface area contributed by atoms with Gasteiger partial charge in [-0.15, -0.1) is 0 Å². The summed E-state index contributed by atoms with van der Waals surface area (Å²) < 4.78 is 33.8. The van der Waals surface area contributed by atoms with Crippen LogP contribution in [0.4, 0.5) is 0 Å². The predicted molar refractivity (Wildman–Crippen MR) is 92.1 cm³/mol. The van der Waals surface area contributed by atoms with E-state index in [-0.39, 0.29) is 6.23 Å². The van der Waals surface area contributed by atoms with Crippen LogP contribution in [0.15, 0.2) is 18.2 Å². The molecule has 0 saturated carbocycles. The Bertz CT molecular complexity index is 526. The first-order valence-corrected chi connectivity index (χ1v) is 10.2. The summed E-state index contributed by atoms with van der Waals surface area (Å²) in [7, 11) is 1.93. The molecule has 7 heteroatoms. The molecule has 1 heterocycles. The third-order valence-corrected chi connectivity index (χ3v) is 6.59. The van der Waals surface area contributed by atoms with Crippen molar-refractivity contribution in [2.75, 3.05) is 27.6 Å². The molecular weight excluding hydrogens is 328 g/mol. The van der Waals surface area contributed by atoms with E-state index in [1.807, 2.05) is 25.1 Å². The molecule has 1 aromatic carbocycles. The first-order chi connectivity index (χ1) is 11.5. The van der Waals surface area contributed by atoms with Gasteiger partial charge in [0.05, 0.1) is 6.61 Å². The van der Waals surface area contributed by atoms with Crippen molar-refractivity contribution in [3.8, 4) is 11.5 Å². The van der Waals surface area contributed by atoms with Gasteiger partial charge in [-0.3, -0.25) is 0 Å². The number of hydrogen-bond donors (Lipinski definition) is 0. The zero-order valence-corrected chi connectivity index (χ0v) is 16.2. The van der Waals surface area contributed by atoms with E-state index in [4.69, 9.17) is 27.5 Å². The quantitative estimate of drug-likeness (QED) is 0.633. The molecule has 6 nitrogen and oxygen atoms in total. The van der Waals surface area contributed by atoms with Gasteiger partial charge in [0.15, 0.2) is 6.23 Å². The highest BCUT2D eigenvalue weighted by molar-refractivity contribution is 6.60. The highest BCUT2D eigenvalue weighted by Gasteiger charge is 2.39. The largest absolute Gasteiger partial charge is 0.539 e. The lowest BCUT2D eigenvalue weighted by molar-refractivity contribution is -0.198. The van der Waals surface area contributed by atoms with Gasteiger partial charge in [-0.2, -0.15) is 0 Å². The number of fused-ring (bicyclic) bond motifs is 1. The van der Waals surface area contributed by atoms with Gasteiger partial charge in [0.2, 0.25) is 5.79 Å². The molecule has 0 spiro atoms. The highest BCUT2D eigenvalue weighted by Crippen LogP contribution is 2.36. The Balaban J connectivity index is 2.03. The van der Waals surface area contributed by atoms with Gasteiger partial charge in [0.1, 0.15) is 11.5 Å². The van der Waals surface area contributed by atoms with Crippen molar-refractivity contribution < 1.29 is 27.5 Å². The Kier molecular flexibility index (Phi) is 6.65. The molecule has 24 heavy (non-hydrogen) atoms. The van der Waals surface area contributed by atoms with E-state index >= 15 is 0 Å². The summed E-state index contributed by atoms with van der Waals surface area (Å²) in [6.45, 7) is 4.66. The standard InChI is InChI=1S/C17H28O6Si/c1-6-7-10-17(2)22-12-14-11-15(8-9-16(14)23-17)21-13-24(18-3,19-4)20-5/h8-9,11H,6-7,10,12-13H2,1-5H3. The first kappa shape index (κ1) is 19.2. The summed E-state index contributed by atoms with van der Waals surface area (Å²) >= 11 is 0. The molecule has 0 bridgehead atoms. The van der Waals surface area contributed by atoms with E-state index in [1.54, 1.807) is 21.3 Å². The second kappa shape index (κ2) is 8.31. The van der Waals surface area contributed by atoms with Crippen LogP contribution in [0.5, 0.6) is 11.5 Å². The molecule has 0 radical (unpaired) electrons. The molecule has 1 unspecified atom stereocenters. The van der Waals surface area contributed by atoms with Gasteiger partial charge in [-0.1, -0.05) is 13.3 Å². The van der Waals surface area contributed by atoms with Crippen molar-refractivity contribution in [2.45, 2.75) is 45.5 Å². The molecular formula is C17H28O6Si. The molecule has 136 valence electrons. The summed E-state index contributed by atoms with van der Waals surface area (Å²) in [4.78, 5) is 0. The fourth-order valence-electron chi connectivity index (χ4n) is 2.57. The number of hydrogen-bond acceptors (Lipinski definition) is 6. The molecule has 0 aromatic heterocycles. The molecule has 1 atom stereocenters. The van der Waals surface area contributed by atoms with Gasteiger partial charge in [-0.25, -0.2) is 0 Å². The van der Waals surface area contributed by atoms with Gasteiger partial charge in [0.25, 0.3) is 0 Å². The minimum Gasteiger partial charge on any atom is -0.489 e. The van der Waals surface area contributed by atoms with E-state index in [0.29, 0.717) is 12.4 Å². The van der Waals surface area contributed by atoms with Crippen molar-refractivity contribution >= 4 is 8.80 Å². The van der Waals surface area contributed by atoms with Crippen molar-refractivity contribution in [3.05, 3.63) is 23.8 Å². The maximum atomic E-state index is 6.04. The maximum Gasteiger partial charge on any atom is 0.539 e. The average Bonchev–Trinajstić information content (AvgIpc) is 2.62. The van der Waals surface area contributed by atoms with Gasteiger partial charge < -0.3 is 27.5 Å². The Morgan fingerprint density at radius 1 is 1.17 bits per heavy atom. The van der Waals surface area contributed by atoms with Crippen LogP contribution in [0.2, 0.25) is 0 Å². The predicted octanol–water partition coefficient (Wildman–Crippen LogP) is 3.30. The third kappa shape index (κ3) is 4.49. The van der Waals surface area contributed by atoms with Crippen LogP contribution in [0.1, 0.15) is 38.7 Å². The molecule has 2 rings (SSSR count). The van der Waals surface area contributed by atoms with Crippen LogP contribution in [-0.2, 0) is 24.6 Å². The van der Waals surface area contributed by atoms with Crippen LogP contribution < -0.4 is 9.47 Å². The number of unbranched alkanes of at least 4 members (excludes halogenated alkanes) is 1. The van der Waals surface area contributed by atoms with Crippen molar-refractivity contribution in [1.29, 1.82) is 0 Å². The molecule has 1 aliphatic rings. The Morgan fingerprint density at radius 3 is 2.50 bits per heavy atom. The average molecular weight is 356 g/mol. The summed E-state index contributed by atoms with van der Waals surface area (Å²) in [5.74, 6) is 1.01. The van der Waals surface area contributed by atoms with E-state index in [1.165, 1.54) is 0 Å². The number of ether oxygens (including phenoxy) is 3. The van der Waals surface area contributed by atoms with Crippen LogP contribution in [0, 0.1) is 0 Å². The summed E-state index contributed by atoms with van der Waals surface area (Å²) in [6, 6.07) is 5.73. The first-order valence-electron chi connectivity index (χ1n) is 8.24. The highest BCUT2D eigenvalue weighted by atomic mass is 28.4. The smallest absolute Gasteiger partial charge is 0.489 e.